The Balaban J connectivity index is 1.75. The minimum Gasteiger partial charge on any atom is -0.389 e. The van der Waals surface area contributed by atoms with Gasteiger partial charge in [0.2, 0.25) is 0 Å². The molecule has 22 heavy (non-hydrogen) atoms. The van der Waals surface area contributed by atoms with Gasteiger partial charge < -0.3 is 14.6 Å². The van der Waals surface area contributed by atoms with Gasteiger partial charge >= 0.3 is 0 Å². The van der Waals surface area contributed by atoms with Crippen LogP contribution in [0.1, 0.15) is 26.3 Å². The highest BCUT2D eigenvalue weighted by Gasteiger charge is 2.34. The van der Waals surface area contributed by atoms with E-state index in [9.17, 15) is 5.11 Å². The van der Waals surface area contributed by atoms with Crippen LogP contribution in [0.25, 0.3) is 0 Å². The lowest BCUT2D eigenvalue weighted by molar-refractivity contribution is -0.108. The van der Waals surface area contributed by atoms with Gasteiger partial charge in [0.25, 0.3) is 0 Å². The quantitative estimate of drug-likeness (QED) is 0.872. The van der Waals surface area contributed by atoms with Crippen LogP contribution in [0.2, 0.25) is 5.02 Å². The van der Waals surface area contributed by atoms with Gasteiger partial charge in [0.15, 0.2) is 0 Å². The second kappa shape index (κ2) is 7.75. The largest absolute Gasteiger partial charge is 0.389 e. The van der Waals surface area contributed by atoms with E-state index in [-0.39, 0.29) is 11.6 Å². The lowest BCUT2D eigenvalue weighted by Crippen LogP contribution is -2.57. The van der Waals surface area contributed by atoms with Crippen LogP contribution in [-0.4, -0.2) is 54.1 Å². The Morgan fingerprint density at radius 2 is 2.09 bits per heavy atom. The fourth-order valence-electron chi connectivity index (χ4n) is 2.57. The predicted octanol–water partition coefficient (Wildman–Crippen LogP) is 2.72. The standard InChI is InChI=1S/C17H26ClNO3/c1-13-8-19(17(2,3)12-22-13)9-16(20)11-21-10-14-4-6-15(18)7-5-14/h4-7,13,16,20H,8-12H2,1-3H3. The molecule has 1 saturated heterocycles. The van der Waals surface area contributed by atoms with E-state index >= 15 is 0 Å². The number of aliphatic hydroxyl groups excluding tert-OH is 1. The van der Waals surface area contributed by atoms with Gasteiger partial charge in [-0.05, 0) is 38.5 Å². The summed E-state index contributed by atoms with van der Waals surface area (Å²) in [6, 6.07) is 7.55. The van der Waals surface area contributed by atoms with Crippen LogP contribution in [0.3, 0.4) is 0 Å². The molecule has 0 spiro atoms. The first kappa shape index (κ1) is 17.7. The molecule has 0 saturated carbocycles. The summed E-state index contributed by atoms with van der Waals surface area (Å²) in [4.78, 5) is 2.28. The third kappa shape index (κ3) is 5.21. The fourth-order valence-corrected chi connectivity index (χ4v) is 2.70. The number of hydrogen-bond acceptors (Lipinski definition) is 4. The first-order valence-electron chi connectivity index (χ1n) is 7.74. The Bertz CT molecular complexity index is 463. The van der Waals surface area contributed by atoms with Crippen molar-refractivity contribution in [3.8, 4) is 0 Å². The fraction of sp³-hybridized carbons (Fsp3) is 0.647. The van der Waals surface area contributed by atoms with Gasteiger partial charge in [0.05, 0.1) is 32.0 Å². The molecular weight excluding hydrogens is 302 g/mol. The molecule has 0 aromatic heterocycles. The van der Waals surface area contributed by atoms with E-state index in [1.807, 2.05) is 24.3 Å². The Hall–Kier alpha value is -0.650. The van der Waals surface area contributed by atoms with Crippen molar-refractivity contribution in [2.45, 2.75) is 45.1 Å². The molecule has 1 fully saturated rings. The number of hydrogen-bond donors (Lipinski definition) is 1. The second-order valence-corrected chi connectivity index (χ2v) is 7.07. The Morgan fingerprint density at radius 3 is 2.77 bits per heavy atom. The van der Waals surface area contributed by atoms with Crippen LogP contribution in [0.4, 0.5) is 0 Å². The molecule has 1 heterocycles. The summed E-state index contributed by atoms with van der Waals surface area (Å²) in [5, 5.41) is 10.9. The number of aliphatic hydroxyl groups is 1. The molecule has 2 unspecified atom stereocenters. The maximum atomic E-state index is 10.2. The molecule has 1 aliphatic rings. The zero-order valence-corrected chi connectivity index (χ0v) is 14.3. The molecule has 0 amide bonds. The molecule has 2 atom stereocenters. The lowest BCUT2D eigenvalue weighted by Gasteiger charge is -2.45. The summed E-state index contributed by atoms with van der Waals surface area (Å²) in [6.45, 7) is 9.27. The highest BCUT2D eigenvalue weighted by Crippen LogP contribution is 2.22. The number of ether oxygens (including phenoxy) is 2. The first-order chi connectivity index (χ1) is 10.4. The number of β-amino-alcohol motifs (C(OH)–C–C–N with tert-alkyl or cyclic N) is 1. The number of rotatable bonds is 6. The number of benzene rings is 1. The molecule has 2 rings (SSSR count). The van der Waals surface area contributed by atoms with Crippen molar-refractivity contribution in [3.63, 3.8) is 0 Å². The molecule has 0 radical (unpaired) electrons. The van der Waals surface area contributed by atoms with Crippen molar-refractivity contribution < 1.29 is 14.6 Å². The molecule has 5 heteroatoms. The minimum absolute atomic E-state index is 0.0519. The average molecular weight is 328 g/mol. The molecule has 4 nitrogen and oxygen atoms in total. The van der Waals surface area contributed by atoms with Crippen LogP contribution < -0.4 is 0 Å². The van der Waals surface area contributed by atoms with Crippen LogP contribution in [-0.2, 0) is 16.1 Å². The summed E-state index contributed by atoms with van der Waals surface area (Å²) in [6.07, 6.45) is -0.299. The van der Waals surface area contributed by atoms with Gasteiger partial charge in [0.1, 0.15) is 0 Å². The van der Waals surface area contributed by atoms with E-state index in [4.69, 9.17) is 21.1 Å². The summed E-state index contributed by atoms with van der Waals surface area (Å²) < 4.78 is 11.3. The molecule has 0 bridgehead atoms. The summed E-state index contributed by atoms with van der Waals surface area (Å²) in [5.74, 6) is 0. The predicted molar refractivity (Wildman–Crippen MR) is 88.2 cm³/mol. The maximum Gasteiger partial charge on any atom is 0.0900 e. The van der Waals surface area contributed by atoms with Crippen molar-refractivity contribution in [2.75, 3.05) is 26.3 Å². The van der Waals surface area contributed by atoms with E-state index in [0.29, 0.717) is 31.4 Å². The number of halogens is 1. The van der Waals surface area contributed by atoms with E-state index < -0.39 is 6.10 Å². The van der Waals surface area contributed by atoms with Crippen LogP contribution in [0.5, 0.6) is 0 Å². The van der Waals surface area contributed by atoms with Crippen LogP contribution in [0.15, 0.2) is 24.3 Å². The van der Waals surface area contributed by atoms with Crippen molar-refractivity contribution in [1.82, 2.24) is 4.90 Å². The molecule has 1 aliphatic heterocycles. The van der Waals surface area contributed by atoms with E-state index in [1.165, 1.54) is 0 Å². The molecule has 124 valence electrons. The van der Waals surface area contributed by atoms with Crippen molar-refractivity contribution in [3.05, 3.63) is 34.9 Å². The summed E-state index contributed by atoms with van der Waals surface area (Å²) >= 11 is 5.85. The first-order valence-corrected chi connectivity index (χ1v) is 8.11. The normalized spacial score (nSPS) is 23.4. The van der Waals surface area contributed by atoms with E-state index in [0.717, 1.165) is 12.1 Å². The van der Waals surface area contributed by atoms with Gasteiger partial charge in [-0.2, -0.15) is 0 Å². The average Bonchev–Trinajstić information content (AvgIpc) is 2.45. The van der Waals surface area contributed by atoms with Crippen LogP contribution in [0, 0.1) is 0 Å². The molecular formula is C17H26ClNO3. The van der Waals surface area contributed by atoms with Gasteiger partial charge in [-0.25, -0.2) is 0 Å². The second-order valence-electron chi connectivity index (χ2n) is 6.63. The van der Waals surface area contributed by atoms with Gasteiger partial charge in [-0.15, -0.1) is 0 Å². The molecule has 0 aliphatic carbocycles. The lowest BCUT2D eigenvalue weighted by atomic mass is 10.0. The van der Waals surface area contributed by atoms with Gasteiger partial charge in [0, 0.05) is 23.7 Å². The molecule has 1 N–H and O–H groups in total. The monoisotopic (exact) mass is 327 g/mol. The molecule has 1 aromatic rings. The van der Waals surface area contributed by atoms with Gasteiger partial charge in [-0.3, -0.25) is 4.90 Å². The minimum atomic E-state index is -0.503. The Labute approximate surface area is 138 Å². The Morgan fingerprint density at radius 1 is 1.41 bits per heavy atom. The molecule has 1 aromatic carbocycles. The number of nitrogens with zero attached hydrogens (tertiary/aromatic N) is 1. The van der Waals surface area contributed by atoms with E-state index in [2.05, 4.69) is 25.7 Å². The number of morpholine rings is 1. The van der Waals surface area contributed by atoms with Crippen molar-refractivity contribution in [2.24, 2.45) is 0 Å². The smallest absolute Gasteiger partial charge is 0.0900 e. The van der Waals surface area contributed by atoms with Crippen molar-refractivity contribution in [1.29, 1.82) is 0 Å². The highest BCUT2D eigenvalue weighted by molar-refractivity contribution is 6.30. The zero-order chi connectivity index (χ0) is 16.2. The highest BCUT2D eigenvalue weighted by atomic mass is 35.5. The summed E-state index contributed by atoms with van der Waals surface area (Å²) in [5.41, 5.74) is 1.00. The van der Waals surface area contributed by atoms with E-state index in [1.54, 1.807) is 0 Å². The third-order valence-corrected chi connectivity index (χ3v) is 4.23. The third-order valence-electron chi connectivity index (χ3n) is 3.98. The topological polar surface area (TPSA) is 41.9 Å². The zero-order valence-electron chi connectivity index (χ0n) is 13.6. The van der Waals surface area contributed by atoms with Crippen LogP contribution >= 0.6 is 11.6 Å². The van der Waals surface area contributed by atoms with Crippen molar-refractivity contribution >= 4 is 11.6 Å². The maximum absolute atomic E-state index is 10.2. The SMILES string of the molecule is CC1CN(CC(O)COCc2ccc(Cl)cc2)C(C)(C)CO1. The Kier molecular flexibility index (Phi) is 6.24. The summed E-state index contributed by atoms with van der Waals surface area (Å²) in [7, 11) is 0. The van der Waals surface area contributed by atoms with Gasteiger partial charge in [-0.1, -0.05) is 23.7 Å².